The van der Waals surface area contributed by atoms with E-state index in [0.717, 1.165) is 30.0 Å². The first-order valence-corrected chi connectivity index (χ1v) is 9.20. The molecule has 28 heavy (non-hydrogen) atoms. The van der Waals surface area contributed by atoms with E-state index < -0.39 is 0 Å². The van der Waals surface area contributed by atoms with Gasteiger partial charge in [-0.15, -0.1) is 0 Å². The molecular weight excluding hydrogens is 350 g/mol. The Balaban J connectivity index is 1.27. The van der Waals surface area contributed by atoms with Gasteiger partial charge >= 0.3 is 0 Å². The zero-order chi connectivity index (χ0) is 19.0. The van der Waals surface area contributed by atoms with E-state index in [1.54, 1.807) is 12.5 Å². The summed E-state index contributed by atoms with van der Waals surface area (Å²) < 4.78 is 13.4. The predicted molar refractivity (Wildman–Crippen MR) is 109 cm³/mol. The quantitative estimate of drug-likeness (QED) is 0.444. The molecule has 0 unspecified atom stereocenters. The molecule has 5 nitrogen and oxygen atoms in total. The number of nitrogens with zero attached hydrogens (tertiary/aromatic N) is 3. The molecule has 0 amide bonds. The van der Waals surface area contributed by atoms with Crippen LogP contribution >= 0.6 is 0 Å². The first-order valence-electron chi connectivity index (χ1n) is 9.20. The largest absolute Gasteiger partial charge is 0.487 e. The van der Waals surface area contributed by atoms with Crippen LogP contribution in [0.4, 0.5) is 0 Å². The van der Waals surface area contributed by atoms with Crippen molar-refractivity contribution in [1.82, 2.24) is 14.5 Å². The molecule has 0 radical (unpaired) electrons. The molecule has 4 aromatic rings. The van der Waals surface area contributed by atoms with E-state index in [1.807, 2.05) is 67.1 Å². The number of hydrogen-bond donors (Lipinski definition) is 0. The fraction of sp³-hybridized carbons (Fsp3) is 0.130. The second-order valence-electron chi connectivity index (χ2n) is 6.40. The standard InChI is InChI=1S/C23H21N3O2/c1-2-4-19(5-3-1)8-11-23-25-21(17-28-23)16-27-22-9-6-20(7-10-22)12-14-26-15-13-24-18-26/h1-11,13,15,17-18H,12,14,16H2. The Morgan fingerprint density at radius 2 is 1.86 bits per heavy atom. The molecule has 0 saturated heterocycles. The summed E-state index contributed by atoms with van der Waals surface area (Å²) in [6.07, 6.45) is 12.0. The van der Waals surface area contributed by atoms with Gasteiger partial charge in [0.05, 0.1) is 6.33 Å². The zero-order valence-corrected chi connectivity index (χ0v) is 15.4. The summed E-state index contributed by atoms with van der Waals surface area (Å²) in [5, 5.41) is 0. The van der Waals surface area contributed by atoms with Gasteiger partial charge in [-0.3, -0.25) is 0 Å². The molecule has 2 aromatic carbocycles. The van der Waals surface area contributed by atoms with Crippen LogP contribution in [0, 0.1) is 0 Å². The molecule has 4 rings (SSSR count). The predicted octanol–water partition coefficient (Wildman–Crippen LogP) is 4.86. The number of ether oxygens (including phenoxy) is 1. The van der Waals surface area contributed by atoms with E-state index in [9.17, 15) is 0 Å². The number of oxazole rings is 1. The molecule has 0 spiro atoms. The summed E-state index contributed by atoms with van der Waals surface area (Å²) in [4.78, 5) is 8.48. The third-order valence-corrected chi connectivity index (χ3v) is 4.32. The van der Waals surface area contributed by atoms with Crippen LogP contribution in [0.25, 0.3) is 12.2 Å². The van der Waals surface area contributed by atoms with Crippen LogP contribution in [0.1, 0.15) is 22.7 Å². The van der Waals surface area contributed by atoms with Crippen LogP contribution in [-0.2, 0) is 19.6 Å². The first kappa shape index (κ1) is 17.8. The maximum Gasteiger partial charge on any atom is 0.218 e. The van der Waals surface area contributed by atoms with Crippen molar-refractivity contribution in [2.45, 2.75) is 19.6 Å². The SMILES string of the molecule is C(=Cc1nc(COc2ccc(CCn3ccnc3)cc2)co1)c1ccccc1. The number of aromatic nitrogens is 3. The van der Waals surface area contributed by atoms with Gasteiger partial charge in [0, 0.05) is 25.0 Å². The maximum atomic E-state index is 5.81. The van der Waals surface area contributed by atoms with E-state index in [0.29, 0.717) is 12.5 Å². The average Bonchev–Trinajstić information content (AvgIpc) is 3.43. The molecule has 0 saturated carbocycles. The fourth-order valence-electron chi connectivity index (χ4n) is 2.78. The highest BCUT2D eigenvalue weighted by Crippen LogP contribution is 2.15. The molecule has 5 heteroatoms. The molecule has 0 bridgehead atoms. The molecule has 2 aromatic heterocycles. The Bertz CT molecular complexity index is 1000. The average molecular weight is 371 g/mol. The highest BCUT2D eigenvalue weighted by molar-refractivity contribution is 5.65. The highest BCUT2D eigenvalue weighted by atomic mass is 16.5. The molecule has 0 N–H and O–H groups in total. The second-order valence-corrected chi connectivity index (χ2v) is 6.40. The van der Waals surface area contributed by atoms with Crippen molar-refractivity contribution >= 4 is 12.2 Å². The molecule has 0 atom stereocenters. The van der Waals surface area contributed by atoms with Crippen molar-refractivity contribution in [3.8, 4) is 5.75 Å². The Hall–Kier alpha value is -3.60. The lowest BCUT2D eigenvalue weighted by molar-refractivity contribution is 0.301. The smallest absolute Gasteiger partial charge is 0.218 e. The summed E-state index contributed by atoms with van der Waals surface area (Å²) in [6, 6.07) is 18.2. The monoisotopic (exact) mass is 371 g/mol. The van der Waals surface area contributed by atoms with Gasteiger partial charge in [-0.05, 0) is 35.8 Å². The first-order chi connectivity index (χ1) is 13.8. The molecule has 0 aliphatic rings. The minimum Gasteiger partial charge on any atom is -0.487 e. The van der Waals surface area contributed by atoms with E-state index in [-0.39, 0.29) is 0 Å². The lowest BCUT2D eigenvalue weighted by Gasteiger charge is -2.06. The third-order valence-electron chi connectivity index (χ3n) is 4.32. The van der Waals surface area contributed by atoms with Crippen LogP contribution in [0.15, 0.2) is 84.0 Å². The van der Waals surface area contributed by atoms with Gasteiger partial charge in [0.2, 0.25) is 5.89 Å². The number of benzene rings is 2. The van der Waals surface area contributed by atoms with E-state index in [2.05, 4.69) is 26.7 Å². The van der Waals surface area contributed by atoms with Crippen molar-refractivity contribution in [2.75, 3.05) is 0 Å². The van der Waals surface area contributed by atoms with Crippen LogP contribution < -0.4 is 4.74 Å². The number of imidazole rings is 1. The second kappa shape index (κ2) is 8.86. The van der Waals surface area contributed by atoms with Gasteiger partial charge in [0.15, 0.2) is 0 Å². The van der Waals surface area contributed by atoms with Gasteiger partial charge in [0.1, 0.15) is 24.3 Å². The number of aryl methyl sites for hydroxylation is 2. The molecule has 0 aliphatic heterocycles. The zero-order valence-electron chi connectivity index (χ0n) is 15.4. The van der Waals surface area contributed by atoms with E-state index >= 15 is 0 Å². The van der Waals surface area contributed by atoms with Crippen LogP contribution in [-0.4, -0.2) is 14.5 Å². The molecule has 140 valence electrons. The molecule has 2 heterocycles. The van der Waals surface area contributed by atoms with Gasteiger partial charge in [-0.1, -0.05) is 42.5 Å². The summed E-state index contributed by atoms with van der Waals surface area (Å²) in [6.45, 7) is 1.29. The highest BCUT2D eigenvalue weighted by Gasteiger charge is 2.03. The lowest BCUT2D eigenvalue weighted by Crippen LogP contribution is -1.99. The minimum atomic E-state index is 0.372. The Morgan fingerprint density at radius 3 is 2.64 bits per heavy atom. The Labute approximate surface area is 164 Å². The normalized spacial score (nSPS) is 11.1. The van der Waals surface area contributed by atoms with Crippen molar-refractivity contribution in [3.05, 3.63) is 102 Å². The fourth-order valence-corrected chi connectivity index (χ4v) is 2.78. The van der Waals surface area contributed by atoms with Crippen LogP contribution in [0.2, 0.25) is 0 Å². The molecular formula is C23H21N3O2. The van der Waals surface area contributed by atoms with Gasteiger partial charge < -0.3 is 13.7 Å². The van der Waals surface area contributed by atoms with Crippen LogP contribution in [0.5, 0.6) is 5.75 Å². The lowest BCUT2D eigenvalue weighted by atomic mass is 10.1. The van der Waals surface area contributed by atoms with Crippen molar-refractivity contribution in [2.24, 2.45) is 0 Å². The van der Waals surface area contributed by atoms with E-state index in [4.69, 9.17) is 9.15 Å². The minimum absolute atomic E-state index is 0.372. The number of rotatable bonds is 8. The summed E-state index contributed by atoms with van der Waals surface area (Å²) in [5.41, 5.74) is 3.12. The number of hydrogen-bond acceptors (Lipinski definition) is 4. The van der Waals surface area contributed by atoms with Crippen LogP contribution in [0.3, 0.4) is 0 Å². The Kier molecular flexibility index (Phi) is 5.63. The van der Waals surface area contributed by atoms with Crippen molar-refractivity contribution < 1.29 is 9.15 Å². The Morgan fingerprint density at radius 1 is 1.00 bits per heavy atom. The van der Waals surface area contributed by atoms with Crippen molar-refractivity contribution in [1.29, 1.82) is 0 Å². The van der Waals surface area contributed by atoms with Gasteiger partial charge in [-0.25, -0.2) is 9.97 Å². The summed E-state index contributed by atoms with van der Waals surface area (Å²) in [7, 11) is 0. The van der Waals surface area contributed by atoms with Gasteiger partial charge in [-0.2, -0.15) is 0 Å². The van der Waals surface area contributed by atoms with Gasteiger partial charge in [0.25, 0.3) is 0 Å². The molecule has 0 fully saturated rings. The topological polar surface area (TPSA) is 53.1 Å². The summed E-state index contributed by atoms with van der Waals surface area (Å²) >= 11 is 0. The van der Waals surface area contributed by atoms with Crippen molar-refractivity contribution in [3.63, 3.8) is 0 Å². The van der Waals surface area contributed by atoms with E-state index in [1.165, 1.54) is 5.56 Å². The maximum absolute atomic E-state index is 5.81. The third kappa shape index (κ3) is 4.98. The summed E-state index contributed by atoms with van der Waals surface area (Å²) in [5.74, 6) is 1.38. The molecule has 0 aliphatic carbocycles.